The standard InChI is InChI=1S/C14H11BrF2O/c15-13-5-4-11(17)8-12(13)14(18)7-9-2-1-3-10(16)6-9/h1-6,8,14,18H,7H2. The van der Waals surface area contributed by atoms with Gasteiger partial charge in [-0.05, 0) is 41.5 Å². The molecule has 0 aliphatic rings. The monoisotopic (exact) mass is 312 g/mol. The van der Waals surface area contributed by atoms with E-state index in [2.05, 4.69) is 15.9 Å². The molecule has 0 saturated carbocycles. The van der Waals surface area contributed by atoms with Crippen molar-refractivity contribution in [3.63, 3.8) is 0 Å². The first-order chi connectivity index (χ1) is 8.56. The Balaban J connectivity index is 2.21. The largest absolute Gasteiger partial charge is 0.388 e. The Labute approximate surface area is 112 Å². The van der Waals surface area contributed by atoms with Gasteiger partial charge in [0.25, 0.3) is 0 Å². The normalized spacial score (nSPS) is 12.4. The zero-order valence-corrected chi connectivity index (χ0v) is 11.0. The Morgan fingerprint density at radius 1 is 1.06 bits per heavy atom. The molecular formula is C14H11BrF2O. The van der Waals surface area contributed by atoms with E-state index in [0.717, 1.165) is 0 Å². The van der Waals surface area contributed by atoms with Gasteiger partial charge in [0.15, 0.2) is 0 Å². The third kappa shape index (κ3) is 3.15. The summed E-state index contributed by atoms with van der Waals surface area (Å²) in [7, 11) is 0. The summed E-state index contributed by atoms with van der Waals surface area (Å²) in [6.45, 7) is 0. The van der Waals surface area contributed by atoms with Crippen LogP contribution in [-0.4, -0.2) is 5.11 Å². The van der Waals surface area contributed by atoms with E-state index in [-0.39, 0.29) is 12.2 Å². The summed E-state index contributed by atoms with van der Waals surface area (Å²) < 4.78 is 26.8. The predicted molar refractivity (Wildman–Crippen MR) is 69.2 cm³/mol. The van der Waals surface area contributed by atoms with Gasteiger partial charge in [-0.2, -0.15) is 0 Å². The molecule has 0 aliphatic carbocycles. The second kappa shape index (κ2) is 5.59. The molecule has 0 heterocycles. The fraction of sp³-hybridized carbons (Fsp3) is 0.143. The molecule has 0 aliphatic heterocycles. The maximum Gasteiger partial charge on any atom is 0.123 e. The SMILES string of the molecule is OC(Cc1cccc(F)c1)c1cc(F)ccc1Br. The van der Waals surface area contributed by atoms with Crippen LogP contribution in [0, 0.1) is 11.6 Å². The molecule has 4 heteroatoms. The Morgan fingerprint density at radius 3 is 2.50 bits per heavy atom. The third-order valence-corrected chi connectivity index (χ3v) is 3.36. The molecule has 0 bridgehead atoms. The molecule has 1 N–H and O–H groups in total. The van der Waals surface area contributed by atoms with Crippen LogP contribution in [0.25, 0.3) is 0 Å². The highest BCUT2D eigenvalue weighted by molar-refractivity contribution is 9.10. The minimum absolute atomic E-state index is 0.236. The van der Waals surface area contributed by atoms with Crippen LogP contribution in [0.15, 0.2) is 46.9 Å². The number of aliphatic hydroxyl groups is 1. The van der Waals surface area contributed by atoms with Crippen LogP contribution in [0.2, 0.25) is 0 Å². The Hall–Kier alpha value is -1.26. The second-order valence-electron chi connectivity index (χ2n) is 4.02. The van der Waals surface area contributed by atoms with Gasteiger partial charge in [-0.3, -0.25) is 0 Å². The van der Waals surface area contributed by atoms with Crippen LogP contribution in [0.5, 0.6) is 0 Å². The number of halogens is 3. The number of aliphatic hydroxyl groups excluding tert-OH is 1. The summed E-state index contributed by atoms with van der Waals surface area (Å²) in [4.78, 5) is 0. The minimum atomic E-state index is -0.878. The highest BCUT2D eigenvalue weighted by Crippen LogP contribution is 2.27. The first kappa shape index (κ1) is 13.2. The number of rotatable bonds is 3. The smallest absolute Gasteiger partial charge is 0.123 e. The van der Waals surface area contributed by atoms with Crippen molar-refractivity contribution in [2.24, 2.45) is 0 Å². The topological polar surface area (TPSA) is 20.2 Å². The summed E-state index contributed by atoms with van der Waals surface area (Å²) >= 11 is 3.26. The minimum Gasteiger partial charge on any atom is -0.388 e. The van der Waals surface area contributed by atoms with E-state index in [0.29, 0.717) is 15.6 Å². The molecule has 0 aromatic heterocycles. The average Bonchev–Trinajstić information content (AvgIpc) is 2.32. The van der Waals surface area contributed by atoms with Crippen molar-refractivity contribution in [1.82, 2.24) is 0 Å². The maximum atomic E-state index is 13.1. The number of hydrogen-bond acceptors (Lipinski definition) is 1. The van der Waals surface area contributed by atoms with Crippen molar-refractivity contribution in [2.75, 3.05) is 0 Å². The highest BCUT2D eigenvalue weighted by Gasteiger charge is 2.13. The lowest BCUT2D eigenvalue weighted by molar-refractivity contribution is 0.177. The predicted octanol–water partition coefficient (Wildman–Crippen LogP) is 4.00. The molecule has 2 aromatic carbocycles. The number of hydrogen-bond donors (Lipinski definition) is 1. The molecule has 2 rings (SSSR count). The molecule has 0 radical (unpaired) electrons. The van der Waals surface area contributed by atoms with E-state index in [1.165, 1.54) is 24.3 Å². The van der Waals surface area contributed by atoms with Crippen molar-refractivity contribution >= 4 is 15.9 Å². The van der Waals surface area contributed by atoms with Gasteiger partial charge in [-0.15, -0.1) is 0 Å². The Bertz CT molecular complexity index is 557. The second-order valence-corrected chi connectivity index (χ2v) is 4.87. The van der Waals surface area contributed by atoms with Crippen molar-refractivity contribution < 1.29 is 13.9 Å². The van der Waals surface area contributed by atoms with Crippen molar-refractivity contribution in [3.8, 4) is 0 Å². The van der Waals surface area contributed by atoms with Crippen LogP contribution < -0.4 is 0 Å². The van der Waals surface area contributed by atoms with Gasteiger partial charge in [0.2, 0.25) is 0 Å². The Morgan fingerprint density at radius 2 is 1.78 bits per heavy atom. The summed E-state index contributed by atoms with van der Waals surface area (Å²) in [5.74, 6) is -0.760. The molecule has 0 amide bonds. The lowest BCUT2D eigenvalue weighted by Gasteiger charge is -2.13. The fourth-order valence-corrected chi connectivity index (χ4v) is 2.28. The lowest BCUT2D eigenvalue weighted by Crippen LogP contribution is -2.03. The van der Waals surface area contributed by atoms with Crippen LogP contribution in [0.1, 0.15) is 17.2 Å². The van der Waals surface area contributed by atoms with Gasteiger partial charge in [0, 0.05) is 10.9 Å². The molecular weight excluding hydrogens is 302 g/mol. The lowest BCUT2D eigenvalue weighted by atomic mass is 10.0. The van der Waals surface area contributed by atoms with E-state index in [4.69, 9.17) is 0 Å². The van der Waals surface area contributed by atoms with E-state index in [1.54, 1.807) is 18.2 Å². The average molecular weight is 313 g/mol. The summed E-state index contributed by atoms with van der Waals surface area (Å²) in [5, 5.41) is 10.1. The Kier molecular flexibility index (Phi) is 4.09. The van der Waals surface area contributed by atoms with Crippen LogP contribution >= 0.6 is 15.9 Å². The molecule has 1 nitrogen and oxygen atoms in total. The van der Waals surface area contributed by atoms with Crippen LogP contribution in [0.3, 0.4) is 0 Å². The quantitative estimate of drug-likeness (QED) is 0.908. The molecule has 0 fully saturated rings. The van der Waals surface area contributed by atoms with Gasteiger partial charge in [-0.25, -0.2) is 8.78 Å². The number of benzene rings is 2. The highest BCUT2D eigenvalue weighted by atomic mass is 79.9. The van der Waals surface area contributed by atoms with Gasteiger partial charge in [0.05, 0.1) is 6.10 Å². The van der Waals surface area contributed by atoms with Crippen molar-refractivity contribution in [3.05, 3.63) is 69.7 Å². The van der Waals surface area contributed by atoms with E-state index in [1.807, 2.05) is 0 Å². The molecule has 18 heavy (non-hydrogen) atoms. The zero-order valence-electron chi connectivity index (χ0n) is 9.41. The zero-order chi connectivity index (χ0) is 13.1. The van der Waals surface area contributed by atoms with Crippen LogP contribution in [0.4, 0.5) is 8.78 Å². The molecule has 94 valence electrons. The molecule has 1 atom stereocenters. The van der Waals surface area contributed by atoms with Gasteiger partial charge >= 0.3 is 0 Å². The first-order valence-corrected chi connectivity index (χ1v) is 6.23. The summed E-state index contributed by atoms with van der Waals surface area (Å²) in [6.07, 6.45) is -0.642. The molecule has 0 spiro atoms. The molecule has 1 unspecified atom stereocenters. The van der Waals surface area contributed by atoms with E-state index in [9.17, 15) is 13.9 Å². The van der Waals surface area contributed by atoms with Gasteiger partial charge in [0.1, 0.15) is 11.6 Å². The van der Waals surface area contributed by atoms with E-state index >= 15 is 0 Å². The molecule has 0 saturated heterocycles. The van der Waals surface area contributed by atoms with Gasteiger partial charge in [-0.1, -0.05) is 28.1 Å². The summed E-state index contributed by atoms with van der Waals surface area (Å²) in [5.41, 5.74) is 1.12. The summed E-state index contributed by atoms with van der Waals surface area (Å²) in [6, 6.07) is 10.1. The van der Waals surface area contributed by atoms with Crippen molar-refractivity contribution in [2.45, 2.75) is 12.5 Å². The van der Waals surface area contributed by atoms with E-state index < -0.39 is 11.9 Å². The maximum absolute atomic E-state index is 13.1. The molecule has 2 aromatic rings. The van der Waals surface area contributed by atoms with Gasteiger partial charge < -0.3 is 5.11 Å². The third-order valence-electron chi connectivity index (χ3n) is 2.64. The first-order valence-electron chi connectivity index (χ1n) is 5.44. The van der Waals surface area contributed by atoms with Crippen molar-refractivity contribution in [1.29, 1.82) is 0 Å². The fourth-order valence-electron chi connectivity index (χ4n) is 1.77. The van der Waals surface area contributed by atoms with Crippen LogP contribution in [-0.2, 0) is 6.42 Å².